The highest BCUT2D eigenvalue weighted by Crippen LogP contribution is 2.36. The largest absolute Gasteiger partial charge is 0.382 e. The van der Waals surface area contributed by atoms with Crippen LogP contribution in [0.1, 0.15) is 33.6 Å². The minimum absolute atomic E-state index is 0.0278. The zero-order valence-electron chi connectivity index (χ0n) is 7.05. The molecule has 1 heterocycles. The standard InChI is InChI=1S/C8H15BO/c1-4-8(3)6(2)5-7(9)10-8/h6-7H,4-5H2,1-3H3/t6-,7?,8+/m0/s1. The fraction of sp³-hybridized carbons (Fsp3) is 1.00. The molecule has 2 radical (unpaired) electrons. The van der Waals surface area contributed by atoms with Crippen molar-refractivity contribution in [1.82, 2.24) is 0 Å². The van der Waals surface area contributed by atoms with E-state index in [1.54, 1.807) is 0 Å². The second-order valence-electron chi connectivity index (χ2n) is 3.46. The van der Waals surface area contributed by atoms with Crippen molar-refractivity contribution >= 4 is 7.85 Å². The molecule has 0 N–H and O–H groups in total. The molecule has 0 spiro atoms. The first kappa shape index (κ1) is 8.12. The lowest BCUT2D eigenvalue weighted by atomic mass is 9.85. The van der Waals surface area contributed by atoms with Crippen LogP contribution in [0.15, 0.2) is 0 Å². The molecule has 3 atom stereocenters. The highest BCUT2D eigenvalue weighted by Gasteiger charge is 2.38. The third-order valence-corrected chi connectivity index (χ3v) is 2.75. The van der Waals surface area contributed by atoms with Gasteiger partial charge < -0.3 is 4.74 Å². The number of rotatable bonds is 1. The van der Waals surface area contributed by atoms with E-state index in [4.69, 9.17) is 12.6 Å². The molecular formula is C8H15BO. The van der Waals surface area contributed by atoms with Crippen LogP contribution in [0.3, 0.4) is 0 Å². The van der Waals surface area contributed by atoms with E-state index in [0.29, 0.717) is 5.92 Å². The van der Waals surface area contributed by atoms with Crippen LogP contribution in [0.4, 0.5) is 0 Å². The van der Waals surface area contributed by atoms with Gasteiger partial charge in [-0.05, 0) is 25.7 Å². The van der Waals surface area contributed by atoms with Gasteiger partial charge in [0.25, 0.3) is 0 Å². The molecule has 0 bridgehead atoms. The van der Waals surface area contributed by atoms with Crippen LogP contribution in [0.25, 0.3) is 0 Å². The van der Waals surface area contributed by atoms with Crippen molar-refractivity contribution in [3.63, 3.8) is 0 Å². The van der Waals surface area contributed by atoms with E-state index < -0.39 is 0 Å². The van der Waals surface area contributed by atoms with Crippen LogP contribution in [0.5, 0.6) is 0 Å². The van der Waals surface area contributed by atoms with Crippen LogP contribution in [0.2, 0.25) is 0 Å². The minimum atomic E-state index is -0.0278. The Morgan fingerprint density at radius 2 is 2.30 bits per heavy atom. The van der Waals surface area contributed by atoms with Crippen molar-refractivity contribution in [1.29, 1.82) is 0 Å². The van der Waals surface area contributed by atoms with E-state index in [2.05, 4.69) is 20.8 Å². The van der Waals surface area contributed by atoms with Crippen LogP contribution in [-0.4, -0.2) is 19.5 Å². The summed E-state index contributed by atoms with van der Waals surface area (Å²) in [4.78, 5) is 0. The van der Waals surface area contributed by atoms with Crippen molar-refractivity contribution in [2.24, 2.45) is 5.92 Å². The molecule has 1 unspecified atom stereocenters. The van der Waals surface area contributed by atoms with E-state index in [-0.39, 0.29) is 11.6 Å². The second kappa shape index (κ2) is 2.57. The summed E-state index contributed by atoms with van der Waals surface area (Å²) in [5.41, 5.74) is 0.0411. The Bertz CT molecular complexity index is 126. The summed E-state index contributed by atoms with van der Waals surface area (Å²) in [5, 5.41) is 0. The highest BCUT2D eigenvalue weighted by molar-refractivity contribution is 6.11. The Kier molecular flexibility index (Phi) is 2.09. The summed E-state index contributed by atoms with van der Waals surface area (Å²) in [6, 6.07) is -0.0278. The molecular weight excluding hydrogens is 123 g/mol. The van der Waals surface area contributed by atoms with E-state index in [1.165, 1.54) is 0 Å². The summed E-state index contributed by atoms with van der Waals surface area (Å²) >= 11 is 0. The van der Waals surface area contributed by atoms with Gasteiger partial charge >= 0.3 is 0 Å². The SMILES string of the molecule is [B]C1C[C@H](C)[C@@](C)(CC)O1. The lowest BCUT2D eigenvalue weighted by Crippen LogP contribution is -2.29. The molecule has 1 saturated heterocycles. The maximum absolute atomic E-state index is 5.65. The molecule has 1 aliphatic heterocycles. The fourth-order valence-electron chi connectivity index (χ4n) is 1.54. The molecule has 1 aliphatic rings. The number of hydrogen-bond donors (Lipinski definition) is 0. The predicted molar refractivity (Wildman–Crippen MR) is 43.1 cm³/mol. The molecule has 0 aliphatic carbocycles. The average Bonchev–Trinajstić information content (AvgIpc) is 2.09. The van der Waals surface area contributed by atoms with Gasteiger partial charge in [-0.1, -0.05) is 13.8 Å². The van der Waals surface area contributed by atoms with Gasteiger partial charge in [-0.15, -0.1) is 0 Å². The first-order valence-electron chi connectivity index (χ1n) is 4.02. The lowest BCUT2D eigenvalue weighted by Gasteiger charge is -2.26. The maximum atomic E-state index is 5.65. The van der Waals surface area contributed by atoms with Gasteiger partial charge in [0.05, 0.1) is 5.60 Å². The van der Waals surface area contributed by atoms with Gasteiger partial charge in [-0.3, -0.25) is 0 Å². The summed E-state index contributed by atoms with van der Waals surface area (Å²) in [7, 11) is 5.65. The van der Waals surface area contributed by atoms with Gasteiger partial charge in [0.2, 0.25) is 0 Å². The van der Waals surface area contributed by atoms with E-state index in [0.717, 1.165) is 12.8 Å². The monoisotopic (exact) mass is 138 g/mol. The zero-order chi connectivity index (χ0) is 7.78. The van der Waals surface area contributed by atoms with Crippen molar-refractivity contribution in [3.05, 3.63) is 0 Å². The molecule has 10 heavy (non-hydrogen) atoms. The number of hydrogen-bond acceptors (Lipinski definition) is 1. The summed E-state index contributed by atoms with van der Waals surface area (Å²) < 4.78 is 5.59. The summed E-state index contributed by atoms with van der Waals surface area (Å²) in [6.07, 6.45) is 2.06. The van der Waals surface area contributed by atoms with Gasteiger partial charge in [-0.2, -0.15) is 0 Å². The second-order valence-corrected chi connectivity index (χ2v) is 3.46. The molecule has 1 fully saturated rings. The maximum Gasteiger partial charge on any atom is 0.109 e. The third-order valence-electron chi connectivity index (χ3n) is 2.75. The molecule has 0 amide bonds. The third kappa shape index (κ3) is 1.22. The molecule has 0 saturated carbocycles. The summed E-state index contributed by atoms with van der Waals surface area (Å²) in [5.74, 6) is 0.604. The Morgan fingerprint density at radius 1 is 1.70 bits per heavy atom. The van der Waals surface area contributed by atoms with E-state index >= 15 is 0 Å². The Balaban J connectivity index is 2.61. The van der Waals surface area contributed by atoms with Crippen molar-refractivity contribution in [2.45, 2.75) is 45.2 Å². The quantitative estimate of drug-likeness (QED) is 0.501. The zero-order valence-corrected chi connectivity index (χ0v) is 7.05. The van der Waals surface area contributed by atoms with Crippen molar-refractivity contribution < 1.29 is 4.74 Å². The van der Waals surface area contributed by atoms with Crippen LogP contribution < -0.4 is 0 Å². The first-order chi connectivity index (χ1) is 4.58. The smallest absolute Gasteiger partial charge is 0.109 e. The lowest BCUT2D eigenvalue weighted by molar-refractivity contribution is -0.0185. The van der Waals surface area contributed by atoms with Crippen LogP contribution in [-0.2, 0) is 4.74 Å². The van der Waals surface area contributed by atoms with E-state index in [9.17, 15) is 0 Å². The molecule has 1 nitrogen and oxygen atoms in total. The van der Waals surface area contributed by atoms with Gasteiger partial charge in [0.15, 0.2) is 0 Å². The molecule has 2 heteroatoms. The molecule has 1 rings (SSSR count). The van der Waals surface area contributed by atoms with Gasteiger partial charge in [-0.25, -0.2) is 0 Å². The molecule has 0 aromatic carbocycles. The molecule has 0 aromatic rings. The Morgan fingerprint density at radius 3 is 2.50 bits per heavy atom. The van der Waals surface area contributed by atoms with Gasteiger partial charge in [0, 0.05) is 6.00 Å². The molecule has 56 valence electrons. The summed E-state index contributed by atoms with van der Waals surface area (Å²) in [6.45, 7) is 6.50. The first-order valence-corrected chi connectivity index (χ1v) is 4.02. The number of ether oxygens (including phenoxy) is 1. The topological polar surface area (TPSA) is 9.23 Å². The van der Waals surface area contributed by atoms with Crippen molar-refractivity contribution in [3.8, 4) is 0 Å². The fourth-order valence-corrected chi connectivity index (χ4v) is 1.54. The average molecular weight is 138 g/mol. The Labute approximate surface area is 64.6 Å². The Hall–Kier alpha value is 0.0249. The van der Waals surface area contributed by atoms with Crippen LogP contribution in [0, 0.1) is 5.92 Å². The highest BCUT2D eigenvalue weighted by atomic mass is 16.5. The van der Waals surface area contributed by atoms with Crippen LogP contribution >= 0.6 is 0 Å². The minimum Gasteiger partial charge on any atom is -0.382 e. The van der Waals surface area contributed by atoms with E-state index in [1.807, 2.05) is 0 Å². The van der Waals surface area contributed by atoms with Crippen molar-refractivity contribution in [2.75, 3.05) is 0 Å². The van der Waals surface area contributed by atoms with Gasteiger partial charge in [0.1, 0.15) is 7.85 Å². The molecule has 0 aromatic heterocycles. The predicted octanol–water partition coefficient (Wildman–Crippen LogP) is 1.71. The normalized spacial score (nSPS) is 47.9.